The third-order valence-electron chi connectivity index (χ3n) is 4.29. The number of pyridine rings is 2. The SMILES string of the molecule is CN1CC[C@@H](CNC(=O)c2cncc(F)c2)[C@@H]1c1cccnc1. The van der Waals surface area contributed by atoms with Crippen molar-refractivity contribution in [1.82, 2.24) is 20.2 Å². The molecule has 1 aliphatic heterocycles. The molecular formula is C17H19FN4O. The molecule has 120 valence electrons. The lowest BCUT2D eigenvalue weighted by Gasteiger charge is -2.25. The standard InChI is InChI=1S/C17H19FN4O/c1-22-6-4-13(16(22)12-3-2-5-19-8-12)10-21-17(23)14-7-15(18)11-20-9-14/h2-3,5,7-9,11,13,16H,4,6,10H2,1H3,(H,21,23)/t13-,16-/m0/s1. The highest BCUT2D eigenvalue weighted by Crippen LogP contribution is 2.35. The van der Waals surface area contributed by atoms with Gasteiger partial charge in [-0.25, -0.2) is 4.39 Å². The number of aromatic nitrogens is 2. The summed E-state index contributed by atoms with van der Waals surface area (Å²) in [6, 6.07) is 5.41. The molecule has 0 aromatic carbocycles. The molecule has 6 heteroatoms. The smallest absolute Gasteiger partial charge is 0.252 e. The van der Waals surface area contributed by atoms with Crippen LogP contribution in [0.25, 0.3) is 0 Å². The van der Waals surface area contributed by atoms with Crippen LogP contribution in [0.1, 0.15) is 28.4 Å². The van der Waals surface area contributed by atoms with E-state index in [1.807, 2.05) is 12.3 Å². The lowest BCUT2D eigenvalue weighted by Crippen LogP contribution is -2.32. The first-order valence-electron chi connectivity index (χ1n) is 7.64. The minimum Gasteiger partial charge on any atom is -0.352 e. The Balaban J connectivity index is 1.66. The largest absolute Gasteiger partial charge is 0.352 e. The second-order valence-corrected chi connectivity index (χ2v) is 5.86. The van der Waals surface area contributed by atoms with Gasteiger partial charge in [0.05, 0.1) is 11.8 Å². The van der Waals surface area contributed by atoms with Gasteiger partial charge < -0.3 is 5.32 Å². The third kappa shape index (κ3) is 3.53. The summed E-state index contributed by atoms with van der Waals surface area (Å²) in [7, 11) is 2.08. The minimum absolute atomic E-state index is 0.231. The predicted molar refractivity (Wildman–Crippen MR) is 84.2 cm³/mol. The molecule has 0 radical (unpaired) electrons. The summed E-state index contributed by atoms with van der Waals surface area (Å²) in [5.74, 6) is -0.502. The van der Waals surface area contributed by atoms with E-state index in [2.05, 4.69) is 33.3 Å². The number of halogens is 1. The Labute approximate surface area is 134 Å². The van der Waals surface area contributed by atoms with E-state index in [0.29, 0.717) is 12.5 Å². The quantitative estimate of drug-likeness (QED) is 0.938. The molecular weight excluding hydrogens is 295 g/mol. The number of carbonyl (C=O) groups excluding carboxylic acids is 1. The fraction of sp³-hybridized carbons (Fsp3) is 0.353. The fourth-order valence-electron chi connectivity index (χ4n) is 3.18. The molecule has 5 nitrogen and oxygen atoms in total. The number of hydrogen-bond acceptors (Lipinski definition) is 4. The van der Waals surface area contributed by atoms with E-state index in [1.54, 1.807) is 6.20 Å². The minimum atomic E-state index is -0.508. The van der Waals surface area contributed by atoms with E-state index in [4.69, 9.17) is 0 Å². The van der Waals surface area contributed by atoms with Gasteiger partial charge >= 0.3 is 0 Å². The van der Waals surface area contributed by atoms with Crippen LogP contribution in [-0.4, -0.2) is 40.9 Å². The molecule has 1 N–H and O–H groups in total. The molecule has 2 aromatic rings. The molecule has 23 heavy (non-hydrogen) atoms. The summed E-state index contributed by atoms with van der Waals surface area (Å²) >= 11 is 0. The van der Waals surface area contributed by atoms with Crippen molar-refractivity contribution in [3.63, 3.8) is 0 Å². The van der Waals surface area contributed by atoms with Gasteiger partial charge in [-0.2, -0.15) is 0 Å². The van der Waals surface area contributed by atoms with Gasteiger partial charge in [0.2, 0.25) is 0 Å². The molecule has 0 aliphatic carbocycles. The molecule has 2 atom stereocenters. The van der Waals surface area contributed by atoms with Crippen LogP contribution in [0, 0.1) is 11.7 Å². The molecule has 1 amide bonds. The Bertz CT molecular complexity index is 679. The maximum atomic E-state index is 13.1. The van der Waals surface area contributed by atoms with Gasteiger partial charge in [-0.05, 0) is 43.6 Å². The van der Waals surface area contributed by atoms with Gasteiger partial charge in [0.25, 0.3) is 5.91 Å². The van der Waals surface area contributed by atoms with Gasteiger partial charge in [0.1, 0.15) is 5.82 Å². The van der Waals surface area contributed by atoms with Crippen LogP contribution in [0.3, 0.4) is 0 Å². The molecule has 1 fully saturated rings. The van der Waals surface area contributed by atoms with Crippen LogP contribution in [0.2, 0.25) is 0 Å². The van der Waals surface area contributed by atoms with Crippen molar-refractivity contribution in [2.45, 2.75) is 12.5 Å². The van der Waals surface area contributed by atoms with Crippen molar-refractivity contribution < 1.29 is 9.18 Å². The number of nitrogens with one attached hydrogen (secondary N) is 1. The topological polar surface area (TPSA) is 58.1 Å². The highest BCUT2D eigenvalue weighted by Gasteiger charge is 2.33. The second-order valence-electron chi connectivity index (χ2n) is 5.86. The first-order valence-corrected chi connectivity index (χ1v) is 7.64. The lowest BCUT2D eigenvalue weighted by atomic mass is 9.94. The van der Waals surface area contributed by atoms with Crippen LogP contribution in [0.15, 0.2) is 43.0 Å². The Kier molecular flexibility index (Phi) is 4.62. The van der Waals surface area contributed by atoms with E-state index in [0.717, 1.165) is 24.7 Å². The van der Waals surface area contributed by atoms with E-state index in [1.165, 1.54) is 12.3 Å². The first kappa shape index (κ1) is 15.6. The Hall–Kier alpha value is -2.34. The van der Waals surface area contributed by atoms with Crippen LogP contribution in [0.4, 0.5) is 4.39 Å². The number of rotatable bonds is 4. The number of hydrogen-bond donors (Lipinski definition) is 1. The second kappa shape index (κ2) is 6.83. The van der Waals surface area contributed by atoms with E-state index in [9.17, 15) is 9.18 Å². The average Bonchev–Trinajstić information content (AvgIpc) is 2.94. The maximum Gasteiger partial charge on any atom is 0.252 e. The summed E-state index contributed by atoms with van der Waals surface area (Å²) in [4.78, 5) is 22.3. The number of amides is 1. The molecule has 0 unspecified atom stereocenters. The maximum absolute atomic E-state index is 13.1. The van der Waals surface area contributed by atoms with E-state index in [-0.39, 0.29) is 17.5 Å². The van der Waals surface area contributed by atoms with Gasteiger partial charge in [-0.1, -0.05) is 6.07 Å². The molecule has 1 aliphatic rings. The zero-order valence-corrected chi connectivity index (χ0v) is 12.9. The Morgan fingerprint density at radius 2 is 2.26 bits per heavy atom. The molecule has 0 spiro atoms. The summed E-state index contributed by atoms with van der Waals surface area (Å²) in [5, 5.41) is 2.90. The monoisotopic (exact) mass is 314 g/mol. The van der Waals surface area contributed by atoms with Crippen LogP contribution in [-0.2, 0) is 0 Å². The zero-order chi connectivity index (χ0) is 16.2. The third-order valence-corrected chi connectivity index (χ3v) is 4.29. The predicted octanol–water partition coefficient (Wildman–Crippen LogP) is 2.04. The summed E-state index contributed by atoms with van der Waals surface area (Å²) < 4.78 is 13.1. The molecule has 2 aromatic heterocycles. The number of likely N-dealkylation sites (tertiary alicyclic amines) is 1. The van der Waals surface area contributed by atoms with Gasteiger partial charge in [-0.3, -0.25) is 19.7 Å². The van der Waals surface area contributed by atoms with Gasteiger partial charge in [0.15, 0.2) is 0 Å². The molecule has 1 saturated heterocycles. The van der Waals surface area contributed by atoms with Gasteiger partial charge in [-0.15, -0.1) is 0 Å². The normalized spacial score (nSPS) is 21.3. The first-order chi connectivity index (χ1) is 11.1. The Morgan fingerprint density at radius 1 is 1.39 bits per heavy atom. The summed E-state index contributed by atoms with van der Waals surface area (Å²) in [6.07, 6.45) is 7.08. The molecule has 3 rings (SSSR count). The lowest BCUT2D eigenvalue weighted by molar-refractivity contribution is 0.0942. The van der Waals surface area contributed by atoms with Crippen molar-refractivity contribution in [2.75, 3.05) is 20.1 Å². The van der Waals surface area contributed by atoms with E-state index < -0.39 is 5.82 Å². The number of carbonyl (C=O) groups is 1. The molecule has 3 heterocycles. The van der Waals surface area contributed by atoms with Gasteiger partial charge in [0, 0.05) is 31.2 Å². The number of nitrogens with zero attached hydrogens (tertiary/aromatic N) is 3. The van der Waals surface area contributed by atoms with Crippen molar-refractivity contribution in [3.05, 3.63) is 59.9 Å². The zero-order valence-electron chi connectivity index (χ0n) is 12.9. The Morgan fingerprint density at radius 3 is 3.00 bits per heavy atom. The molecule has 0 bridgehead atoms. The van der Waals surface area contributed by atoms with E-state index >= 15 is 0 Å². The average molecular weight is 314 g/mol. The highest BCUT2D eigenvalue weighted by atomic mass is 19.1. The summed E-state index contributed by atoms with van der Waals surface area (Å²) in [5.41, 5.74) is 1.40. The van der Waals surface area contributed by atoms with Crippen molar-refractivity contribution in [1.29, 1.82) is 0 Å². The highest BCUT2D eigenvalue weighted by molar-refractivity contribution is 5.93. The van der Waals surface area contributed by atoms with Crippen molar-refractivity contribution >= 4 is 5.91 Å². The fourth-order valence-corrected chi connectivity index (χ4v) is 3.18. The van der Waals surface area contributed by atoms with Crippen LogP contribution < -0.4 is 5.32 Å². The van der Waals surface area contributed by atoms with Crippen LogP contribution >= 0.6 is 0 Å². The summed E-state index contributed by atoms with van der Waals surface area (Å²) in [6.45, 7) is 1.51. The van der Waals surface area contributed by atoms with Crippen LogP contribution in [0.5, 0.6) is 0 Å². The van der Waals surface area contributed by atoms with Crippen molar-refractivity contribution in [2.24, 2.45) is 5.92 Å². The van der Waals surface area contributed by atoms with Crippen molar-refractivity contribution in [3.8, 4) is 0 Å². The molecule has 0 saturated carbocycles.